The maximum atomic E-state index is 10.6. The summed E-state index contributed by atoms with van der Waals surface area (Å²) in [4.78, 5) is 10.6. The van der Waals surface area contributed by atoms with Crippen LogP contribution in [0, 0.1) is 0 Å². The van der Waals surface area contributed by atoms with Crippen LogP contribution < -0.4 is 11.1 Å². The van der Waals surface area contributed by atoms with Crippen molar-refractivity contribution in [1.29, 1.82) is 0 Å². The molecule has 0 unspecified atom stereocenters. The zero-order valence-electron chi connectivity index (χ0n) is 9.34. The molecule has 0 aromatic rings. The largest absolute Gasteiger partial charge is 0.479 e. The molecule has 1 amide bonds. The lowest BCUT2D eigenvalue weighted by molar-refractivity contribution is -0.117. The van der Waals surface area contributed by atoms with E-state index in [0.29, 0.717) is 0 Å². The second kappa shape index (κ2) is 6.32. The van der Waals surface area contributed by atoms with E-state index in [1.807, 2.05) is 0 Å². The van der Waals surface area contributed by atoms with Gasteiger partial charge in [0, 0.05) is 0 Å². The van der Waals surface area contributed by atoms with E-state index in [9.17, 15) is 4.79 Å². The minimum atomic E-state index is -0.356. The molecule has 0 aliphatic heterocycles. The topological polar surface area (TPSA) is 64.3 Å². The minimum Gasteiger partial charge on any atom is -0.479 e. The number of unbranched alkanes of at least 4 members (excludes halogenated alkanes) is 2. The Morgan fingerprint density at radius 3 is 2.73 bits per heavy atom. The van der Waals surface area contributed by atoms with Crippen LogP contribution in [-0.4, -0.2) is 19.1 Å². The molecular weight excluding hydrogens is 192 g/mol. The first kappa shape index (κ1) is 11.9. The summed E-state index contributed by atoms with van der Waals surface area (Å²) < 4.78 is 5.58. The summed E-state index contributed by atoms with van der Waals surface area (Å²) in [6, 6.07) is 0. The monoisotopic (exact) mass is 212 g/mol. The molecule has 0 radical (unpaired) electrons. The molecule has 0 spiro atoms. The van der Waals surface area contributed by atoms with Crippen molar-refractivity contribution in [3.63, 3.8) is 0 Å². The standard InChI is InChI=1S/C11H20N2O2/c1-2-3-4-7-15-11(9-5-6-9)13-8-10(12)14/h13H,2-8H2,1H3,(H2,12,14). The number of rotatable bonds is 8. The number of allylic oxidation sites excluding steroid dienone is 1. The van der Waals surface area contributed by atoms with E-state index in [1.54, 1.807) is 0 Å². The Bertz CT molecular complexity index is 243. The smallest absolute Gasteiger partial charge is 0.236 e. The summed E-state index contributed by atoms with van der Waals surface area (Å²) in [5.41, 5.74) is 6.33. The summed E-state index contributed by atoms with van der Waals surface area (Å²) in [6.07, 6.45) is 5.58. The van der Waals surface area contributed by atoms with Gasteiger partial charge in [-0.2, -0.15) is 0 Å². The maximum absolute atomic E-state index is 10.6. The van der Waals surface area contributed by atoms with Crippen LogP contribution in [0.5, 0.6) is 0 Å². The maximum Gasteiger partial charge on any atom is 0.236 e. The van der Waals surface area contributed by atoms with E-state index in [-0.39, 0.29) is 12.5 Å². The Balaban J connectivity index is 2.21. The lowest BCUT2D eigenvalue weighted by Crippen LogP contribution is -2.29. The van der Waals surface area contributed by atoms with Crippen LogP contribution >= 0.6 is 0 Å². The van der Waals surface area contributed by atoms with E-state index in [0.717, 1.165) is 31.8 Å². The molecule has 0 bridgehead atoms. The zero-order chi connectivity index (χ0) is 11.1. The van der Waals surface area contributed by atoms with E-state index in [1.165, 1.54) is 18.4 Å². The van der Waals surface area contributed by atoms with Crippen molar-refractivity contribution in [2.45, 2.75) is 39.0 Å². The van der Waals surface area contributed by atoms with Crippen molar-refractivity contribution in [2.24, 2.45) is 5.73 Å². The summed E-state index contributed by atoms with van der Waals surface area (Å²) in [5.74, 6) is 0.427. The van der Waals surface area contributed by atoms with Crippen LogP contribution in [0.25, 0.3) is 0 Å². The van der Waals surface area contributed by atoms with E-state index >= 15 is 0 Å². The number of nitrogens with two attached hydrogens (primary N) is 1. The fourth-order valence-corrected chi connectivity index (χ4v) is 1.26. The second-order valence-corrected chi connectivity index (χ2v) is 3.81. The van der Waals surface area contributed by atoms with Gasteiger partial charge >= 0.3 is 0 Å². The van der Waals surface area contributed by atoms with Crippen molar-refractivity contribution < 1.29 is 9.53 Å². The van der Waals surface area contributed by atoms with Gasteiger partial charge in [-0.3, -0.25) is 4.79 Å². The number of nitrogens with one attached hydrogen (secondary N) is 1. The molecule has 1 aliphatic rings. The third-order valence-electron chi connectivity index (χ3n) is 2.24. The van der Waals surface area contributed by atoms with Gasteiger partial charge in [0.25, 0.3) is 0 Å². The SMILES string of the molecule is CCCCCOC(NCC(N)=O)=C1CC1. The first-order valence-corrected chi connectivity index (χ1v) is 5.61. The molecular formula is C11H20N2O2. The highest BCUT2D eigenvalue weighted by atomic mass is 16.5. The molecule has 0 atom stereocenters. The van der Waals surface area contributed by atoms with Crippen LogP contribution in [0.4, 0.5) is 0 Å². The zero-order valence-corrected chi connectivity index (χ0v) is 9.34. The Labute approximate surface area is 90.9 Å². The fourth-order valence-electron chi connectivity index (χ4n) is 1.26. The lowest BCUT2D eigenvalue weighted by atomic mass is 10.3. The average molecular weight is 212 g/mol. The first-order valence-electron chi connectivity index (χ1n) is 5.61. The molecule has 4 heteroatoms. The van der Waals surface area contributed by atoms with E-state index in [4.69, 9.17) is 10.5 Å². The highest BCUT2D eigenvalue weighted by Crippen LogP contribution is 2.30. The molecule has 0 heterocycles. The van der Waals surface area contributed by atoms with E-state index < -0.39 is 0 Å². The molecule has 1 aliphatic carbocycles. The van der Waals surface area contributed by atoms with Crippen molar-refractivity contribution in [3.05, 3.63) is 11.5 Å². The number of ether oxygens (including phenoxy) is 1. The summed E-state index contributed by atoms with van der Waals surface area (Å²) >= 11 is 0. The summed E-state index contributed by atoms with van der Waals surface area (Å²) in [6.45, 7) is 3.04. The van der Waals surface area contributed by atoms with Crippen LogP contribution in [-0.2, 0) is 9.53 Å². The molecule has 86 valence electrons. The second-order valence-electron chi connectivity index (χ2n) is 3.81. The van der Waals surface area contributed by atoms with Gasteiger partial charge in [-0.25, -0.2) is 0 Å². The van der Waals surface area contributed by atoms with Crippen LogP contribution in [0.1, 0.15) is 39.0 Å². The van der Waals surface area contributed by atoms with Crippen molar-refractivity contribution >= 4 is 5.91 Å². The number of carbonyl (C=O) groups is 1. The number of primary amides is 1. The van der Waals surface area contributed by atoms with Crippen LogP contribution in [0.2, 0.25) is 0 Å². The number of hydrogen-bond donors (Lipinski definition) is 2. The normalized spacial score (nSPS) is 13.5. The third-order valence-corrected chi connectivity index (χ3v) is 2.24. The van der Waals surface area contributed by atoms with E-state index in [2.05, 4.69) is 12.2 Å². The predicted molar refractivity (Wildman–Crippen MR) is 58.9 cm³/mol. The average Bonchev–Trinajstić information content (AvgIpc) is 3.00. The van der Waals surface area contributed by atoms with Gasteiger partial charge in [0.05, 0.1) is 13.2 Å². The Kier molecular flexibility index (Phi) is 5.01. The van der Waals surface area contributed by atoms with Crippen LogP contribution in [0.3, 0.4) is 0 Å². The molecule has 15 heavy (non-hydrogen) atoms. The minimum absolute atomic E-state index is 0.159. The van der Waals surface area contributed by atoms with Crippen molar-refractivity contribution in [2.75, 3.05) is 13.2 Å². The molecule has 1 saturated carbocycles. The van der Waals surface area contributed by atoms with Crippen molar-refractivity contribution in [3.8, 4) is 0 Å². The highest BCUT2D eigenvalue weighted by Gasteiger charge is 2.19. The predicted octanol–water partition coefficient (Wildman–Crippen LogP) is 1.27. The summed E-state index contributed by atoms with van der Waals surface area (Å²) in [7, 11) is 0. The Morgan fingerprint density at radius 2 is 2.20 bits per heavy atom. The number of hydrogen-bond acceptors (Lipinski definition) is 3. The van der Waals surface area contributed by atoms with Crippen LogP contribution in [0.15, 0.2) is 11.5 Å². The van der Waals surface area contributed by atoms with Gasteiger partial charge in [0.1, 0.15) is 0 Å². The van der Waals surface area contributed by atoms with Gasteiger partial charge in [-0.15, -0.1) is 0 Å². The highest BCUT2D eigenvalue weighted by molar-refractivity contribution is 5.76. The molecule has 0 aromatic heterocycles. The quantitative estimate of drug-likeness (QED) is 0.470. The number of amides is 1. The third kappa shape index (κ3) is 5.30. The molecule has 0 saturated heterocycles. The fraction of sp³-hybridized carbons (Fsp3) is 0.727. The molecule has 3 N–H and O–H groups in total. The molecule has 1 rings (SSSR count). The number of carbonyl (C=O) groups excluding carboxylic acids is 1. The van der Waals surface area contributed by atoms with Gasteiger partial charge in [-0.05, 0) is 24.8 Å². The van der Waals surface area contributed by atoms with Crippen molar-refractivity contribution in [1.82, 2.24) is 5.32 Å². The molecule has 0 aromatic carbocycles. The summed E-state index contributed by atoms with van der Waals surface area (Å²) in [5, 5.41) is 2.94. The van der Waals surface area contributed by atoms with Gasteiger partial charge in [-0.1, -0.05) is 19.8 Å². The lowest BCUT2D eigenvalue weighted by Gasteiger charge is -2.11. The Hall–Kier alpha value is -1.19. The van der Waals surface area contributed by atoms with Gasteiger partial charge in [0.15, 0.2) is 5.88 Å². The van der Waals surface area contributed by atoms with Gasteiger partial charge < -0.3 is 15.8 Å². The molecule has 4 nitrogen and oxygen atoms in total. The van der Waals surface area contributed by atoms with Gasteiger partial charge in [0.2, 0.25) is 5.91 Å². The Morgan fingerprint density at radius 1 is 1.47 bits per heavy atom. The molecule has 1 fully saturated rings. The first-order chi connectivity index (χ1) is 7.24.